The van der Waals surface area contributed by atoms with Gasteiger partial charge in [-0.05, 0) is 23.6 Å². The normalized spacial score (nSPS) is 13.9. The number of nitrogens with one attached hydrogen (secondary N) is 1. The standard InChI is InChI=1S/C13H21NO/c1-13(2,3)11-7-5-6-10(8-11)12(15)9-14-4/h5-8,12,14-15H,9H2,1-4H3. The molecular formula is C13H21NO. The third-order valence-electron chi connectivity index (χ3n) is 2.53. The van der Waals surface area contributed by atoms with Crippen LogP contribution in [-0.2, 0) is 5.41 Å². The van der Waals surface area contributed by atoms with Crippen LogP contribution in [0.15, 0.2) is 24.3 Å². The lowest BCUT2D eigenvalue weighted by Gasteiger charge is -2.21. The van der Waals surface area contributed by atoms with Crippen molar-refractivity contribution < 1.29 is 5.11 Å². The van der Waals surface area contributed by atoms with Crippen molar-refractivity contribution >= 4 is 0 Å². The number of aliphatic hydroxyl groups is 1. The van der Waals surface area contributed by atoms with Gasteiger partial charge in [-0.2, -0.15) is 0 Å². The molecule has 0 fully saturated rings. The summed E-state index contributed by atoms with van der Waals surface area (Å²) in [5, 5.41) is 12.8. The molecule has 0 bridgehead atoms. The zero-order valence-corrected chi connectivity index (χ0v) is 10.0. The molecule has 0 aliphatic carbocycles. The van der Waals surface area contributed by atoms with E-state index in [0.29, 0.717) is 6.54 Å². The summed E-state index contributed by atoms with van der Waals surface area (Å²) >= 11 is 0. The molecule has 1 unspecified atom stereocenters. The number of rotatable bonds is 3. The monoisotopic (exact) mass is 207 g/mol. The van der Waals surface area contributed by atoms with Gasteiger partial charge in [-0.25, -0.2) is 0 Å². The number of likely N-dealkylation sites (N-methyl/N-ethyl adjacent to an activating group) is 1. The van der Waals surface area contributed by atoms with Gasteiger partial charge in [0, 0.05) is 6.54 Å². The minimum Gasteiger partial charge on any atom is -0.387 e. The van der Waals surface area contributed by atoms with E-state index in [-0.39, 0.29) is 5.41 Å². The number of hydrogen-bond acceptors (Lipinski definition) is 2. The highest BCUT2D eigenvalue weighted by atomic mass is 16.3. The lowest BCUT2D eigenvalue weighted by atomic mass is 9.86. The summed E-state index contributed by atoms with van der Waals surface area (Å²) in [5.74, 6) is 0. The molecule has 0 radical (unpaired) electrons. The molecule has 2 N–H and O–H groups in total. The van der Waals surface area contributed by atoms with Gasteiger partial charge in [0.15, 0.2) is 0 Å². The number of benzene rings is 1. The Balaban J connectivity index is 2.92. The molecule has 0 amide bonds. The van der Waals surface area contributed by atoms with Gasteiger partial charge in [0.2, 0.25) is 0 Å². The van der Waals surface area contributed by atoms with E-state index in [1.54, 1.807) is 0 Å². The van der Waals surface area contributed by atoms with Gasteiger partial charge in [-0.1, -0.05) is 45.0 Å². The smallest absolute Gasteiger partial charge is 0.0914 e. The number of hydrogen-bond donors (Lipinski definition) is 2. The van der Waals surface area contributed by atoms with Crippen molar-refractivity contribution in [2.24, 2.45) is 0 Å². The van der Waals surface area contributed by atoms with Crippen LogP contribution >= 0.6 is 0 Å². The topological polar surface area (TPSA) is 32.3 Å². The van der Waals surface area contributed by atoms with Crippen LogP contribution in [0.5, 0.6) is 0 Å². The minimum atomic E-state index is -0.419. The minimum absolute atomic E-state index is 0.134. The fourth-order valence-corrected chi connectivity index (χ4v) is 1.52. The predicted octanol–water partition coefficient (Wildman–Crippen LogP) is 2.24. The van der Waals surface area contributed by atoms with Gasteiger partial charge in [-0.15, -0.1) is 0 Å². The molecule has 0 aromatic heterocycles. The Labute approximate surface area is 92.3 Å². The Morgan fingerprint density at radius 2 is 2.00 bits per heavy atom. The summed E-state index contributed by atoms with van der Waals surface area (Å²) in [6.45, 7) is 7.12. The Bertz CT molecular complexity index is 315. The first-order chi connectivity index (χ1) is 6.95. The highest BCUT2D eigenvalue weighted by Gasteiger charge is 2.15. The quantitative estimate of drug-likeness (QED) is 0.796. The van der Waals surface area contributed by atoms with Crippen LogP contribution in [0, 0.1) is 0 Å². The predicted molar refractivity (Wildman–Crippen MR) is 64.0 cm³/mol. The van der Waals surface area contributed by atoms with Crippen molar-refractivity contribution in [3.63, 3.8) is 0 Å². The second kappa shape index (κ2) is 4.77. The molecule has 0 aliphatic rings. The molecule has 0 saturated heterocycles. The van der Waals surface area contributed by atoms with Crippen molar-refractivity contribution in [1.82, 2.24) is 5.32 Å². The van der Waals surface area contributed by atoms with E-state index in [1.165, 1.54) is 5.56 Å². The molecule has 0 saturated carbocycles. The van der Waals surface area contributed by atoms with Crippen molar-refractivity contribution in [1.29, 1.82) is 0 Å². The largest absolute Gasteiger partial charge is 0.387 e. The highest BCUT2D eigenvalue weighted by molar-refractivity contribution is 5.29. The molecule has 15 heavy (non-hydrogen) atoms. The molecule has 2 heteroatoms. The lowest BCUT2D eigenvalue weighted by Crippen LogP contribution is -2.18. The molecule has 0 heterocycles. The fraction of sp³-hybridized carbons (Fsp3) is 0.538. The molecular weight excluding hydrogens is 186 g/mol. The van der Waals surface area contributed by atoms with Gasteiger partial charge < -0.3 is 10.4 Å². The summed E-state index contributed by atoms with van der Waals surface area (Å²) in [5.41, 5.74) is 2.38. The Morgan fingerprint density at radius 3 is 2.53 bits per heavy atom. The molecule has 1 aromatic rings. The summed E-state index contributed by atoms with van der Waals surface area (Å²) < 4.78 is 0. The first kappa shape index (κ1) is 12.2. The van der Waals surface area contributed by atoms with Gasteiger partial charge in [0.05, 0.1) is 6.10 Å². The van der Waals surface area contributed by atoms with Crippen molar-refractivity contribution in [3.8, 4) is 0 Å². The summed E-state index contributed by atoms with van der Waals surface area (Å²) in [7, 11) is 1.84. The van der Waals surface area contributed by atoms with E-state index < -0.39 is 6.10 Å². The van der Waals surface area contributed by atoms with E-state index in [1.807, 2.05) is 19.2 Å². The SMILES string of the molecule is CNCC(O)c1cccc(C(C)(C)C)c1. The summed E-state index contributed by atoms with van der Waals surface area (Å²) in [6.07, 6.45) is -0.419. The Kier molecular flexibility index (Phi) is 3.89. The molecule has 2 nitrogen and oxygen atoms in total. The van der Waals surface area contributed by atoms with Crippen LogP contribution in [0.2, 0.25) is 0 Å². The first-order valence-corrected chi connectivity index (χ1v) is 5.38. The maximum Gasteiger partial charge on any atom is 0.0914 e. The second-order valence-corrected chi connectivity index (χ2v) is 4.95. The zero-order valence-electron chi connectivity index (χ0n) is 10.0. The third kappa shape index (κ3) is 3.33. The molecule has 84 valence electrons. The van der Waals surface area contributed by atoms with Crippen molar-refractivity contribution in [2.45, 2.75) is 32.3 Å². The van der Waals surface area contributed by atoms with Crippen LogP contribution in [0.3, 0.4) is 0 Å². The van der Waals surface area contributed by atoms with Crippen LogP contribution in [0.1, 0.15) is 38.0 Å². The van der Waals surface area contributed by atoms with Gasteiger partial charge in [0.1, 0.15) is 0 Å². The van der Waals surface area contributed by atoms with E-state index in [9.17, 15) is 5.11 Å². The van der Waals surface area contributed by atoms with Gasteiger partial charge in [-0.3, -0.25) is 0 Å². The maximum atomic E-state index is 9.85. The van der Waals surface area contributed by atoms with Gasteiger partial charge in [0.25, 0.3) is 0 Å². The maximum absolute atomic E-state index is 9.85. The lowest BCUT2D eigenvalue weighted by molar-refractivity contribution is 0.177. The number of aliphatic hydroxyl groups excluding tert-OH is 1. The molecule has 1 rings (SSSR count). The van der Waals surface area contributed by atoms with E-state index in [4.69, 9.17) is 0 Å². The average molecular weight is 207 g/mol. The molecule has 1 atom stereocenters. The summed E-state index contributed by atoms with van der Waals surface area (Å²) in [6, 6.07) is 8.17. The second-order valence-electron chi connectivity index (χ2n) is 4.95. The summed E-state index contributed by atoms with van der Waals surface area (Å²) in [4.78, 5) is 0. The zero-order chi connectivity index (χ0) is 11.5. The van der Waals surface area contributed by atoms with E-state index in [2.05, 4.69) is 38.2 Å². The third-order valence-corrected chi connectivity index (χ3v) is 2.53. The van der Waals surface area contributed by atoms with Crippen LogP contribution in [0.4, 0.5) is 0 Å². The Morgan fingerprint density at radius 1 is 1.33 bits per heavy atom. The molecule has 1 aromatic carbocycles. The van der Waals surface area contributed by atoms with E-state index in [0.717, 1.165) is 5.56 Å². The van der Waals surface area contributed by atoms with Gasteiger partial charge >= 0.3 is 0 Å². The highest BCUT2D eigenvalue weighted by Crippen LogP contribution is 2.24. The van der Waals surface area contributed by atoms with Crippen molar-refractivity contribution in [2.75, 3.05) is 13.6 Å². The average Bonchev–Trinajstić information content (AvgIpc) is 2.17. The van der Waals surface area contributed by atoms with Crippen LogP contribution in [-0.4, -0.2) is 18.7 Å². The first-order valence-electron chi connectivity index (χ1n) is 5.38. The van der Waals surface area contributed by atoms with Crippen LogP contribution < -0.4 is 5.32 Å². The molecule has 0 aliphatic heterocycles. The molecule has 0 spiro atoms. The van der Waals surface area contributed by atoms with Crippen molar-refractivity contribution in [3.05, 3.63) is 35.4 Å². The fourth-order valence-electron chi connectivity index (χ4n) is 1.52. The Hall–Kier alpha value is -0.860. The van der Waals surface area contributed by atoms with Crippen LogP contribution in [0.25, 0.3) is 0 Å². The van der Waals surface area contributed by atoms with E-state index >= 15 is 0 Å².